The number of carboxylic acids is 1. The number of pyridine rings is 1. The molecular formula is C10H11NO3S. The van der Waals surface area contributed by atoms with Gasteiger partial charge in [-0.2, -0.15) is 0 Å². The zero-order valence-corrected chi connectivity index (χ0v) is 9.08. The highest BCUT2D eigenvalue weighted by molar-refractivity contribution is 7.98. The summed E-state index contributed by atoms with van der Waals surface area (Å²) in [5.74, 6) is -0.560. The molecule has 1 aliphatic rings. The molecule has 0 atom stereocenters. The molecule has 0 saturated heterocycles. The van der Waals surface area contributed by atoms with Crippen LogP contribution in [0.1, 0.15) is 23.2 Å². The molecule has 0 bridgehead atoms. The molecule has 1 aromatic heterocycles. The zero-order valence-electron chi connectivity index (χ0n) is 8.27. The summed E-state index contributed by atoms with van der Waals surface area (Å²) in [5, 5.41) is 9.71. The highest BCUT2D eigenvalue weighted by atomic mass is 32.2. The van der Waals surface area contributed by atoms with Gasteiger partial charge in [-0.3, -0.25) is 0 Å². The van der Waals surface area contributed by atoms with Crippen molar-refractivity contribution in [1.82, 2.24) is 4.98 Å². The predicted octanol–water partition coefficient (Wildman–Crippen LogP) is 2.04. The molecule has 1 aliphatic carbocycles. The number of hydrogen-bond donors (Lipinski definition) is 1. The molecule has 0 radical (unpaired) electrons. The van der Waals surface area contributed by atoms with Gasteiger partial charge in [-0.1, -0.05) is 0 Å². The Morgan fingerprint density at radius 1 is 1.67 bits per heavy atom. The van der Waals surface area contributed by atoms with Gasteiger partial charge in [-0.15, -0.1) is 11.8 Å². The van der Waals surface area contributed by atoms with Gasteiger partial charge in [0.15, 0.2) is 0 Å². The first-order valence-corrected chi connectivity index (χ1v) is 5.87. The number of nitrogens with zero attached hydrogens (tertiary/aromatic N) is 1. The topological polar surface area (TPSA) is 59.4 Å². The van der Waals surface area contributed by atoms with Crippen molar-refractivity contribution in [2.24, 2.45) is 0 Å². The largest absolute Gasteiger partial charge is 0.489 e. The second kappa shape index (κ2) is 4.10. The molecule has 1 saturated carbocycles. The van der Waals surface area contributed by atoms with Crippen molar-refractivity contribution in [3.8, 4) is 5.75 Å². The van der Waals surface area contributed by atoms with Crippen LogP contribution in [0.2, 0.25) is 0 Å². The van der Waals surface area contributed by atoms with E-state index in [-0.39, 0.29) is 11.7 Å². The van der Waals surface area contributed by atoms with Gasteiger partial charge in [0.1, 0.15) is 11.3 Å². The molecule has 0 amide bonds. The number of rotatable bonds is 4. The number of hydrogen-bond acceptors (Lipinski definition) is 4. The van der Waals surface area contributed by atoms with Crippen LogP contribution in [0.25, 0.3) is 0 Å². The van der Waals surface area contributed by atoms with E-state index in [0.717, 1.165) is 17.9 Å². The molecule has 0 aliphatic heterocycles. The van der Waals surface area contributed by atoms with E-state index in [9.17, 15) is 4.79 Å². The van der Waals surface area contributed by atoms with Crippen molar-refractivity contribution in [2.45, 2.75) is 24.0 Å². The van der Waals surface area contributed by atoms with Crippen molar-refractivity contribution < 1.29 is 14.6 Å². The first-order chi connectivity index (χ1) is 7.20. The van der Waals surface area contributed by atoms with E-state index in [1.54, 1.807) is 6.07 Å². The molecule has 1 aromatic rings. The Morgan fingerprint density at radius 3 is 2.93 bits per heavy atom. The molecule has 0 spiro atoms. The van der Waals surface area contributed by atoms with Crippen LogP contribution in [0.5, 0.6) is 5.75 Å². The molecule has 15 heavy (non-hydrogen) atoms. The maximum Gasteiger partial charge on any atom is 0.341 e. The normalized spacial score (nSPS) is 15.0. The van der Waals surface area contributed by atoms with Crippen molar-refractivity contribution in [2.75, 3.05) is 6.26 Å². The third kappa shape index (κ3) is 2.41. The monoisotopic (exact) mass is 225 g/mol. The highest BCUT2D eigenvalue weighted by Gasteiger charge is 2.26. The second-order valence-electron chi connectivity index (χ2n) is 3.35. The van der Waals surface area contributed by atoms with Gasteiger partial charge in [-0.25, -0.2) is 9.78 Å². The minimum absolute atomic E-state index is 0.139. The molecular weight excluding hydrogens is 214 g/mol. The lowest BCUT2D eigenvalue weighted by atomic mass is 10.2. The summed E-state index contributed by atoms with van der Waals surface area (Å²) in [7, 11) is 0. The fourth-order valence-electron chi connectivity index (χ4n) is 1.15. The Balaban J connectivity index is 2.30. The fraction of sp³-hybridized carbons (Fsp3) is 0.400. The van der Waals surface area contributed by atoms with Crippen LogP contribution in [-0.4, -0.2) is 28.4 Å². The number of ether oxygens (including phenoxy) is 1. The van der Waals surface area contributed by atoms with E-state index in [1.165, 1.54) is 18.0 Å². The smallest absolute Gasteiger partial charge is 0.341 e. The van der Waals surface area contributed by atoms with Crippen LogP contribution < -0.4 is 4.74 Å². The van der Waals surface area contributed by atoms with Gasteiger partial charge in [-0.05, 0) is 19.1 Å². The Bertz CT molecular complexity index is 390. The lowest BCUT2D eigenvalue weighted by Crippen LogP contribution is -2.05. The molecule has 1 heterocycles. The second-order valence-corrected chi connectivity index (χ2v) is 4.17. The highest BCUT2D eigenvalue weighted by Crippen LogP contribution is 2.30. The molecule has 4 nitrogen and oxygen atoms in total. The van der Waals surface area contributed by atoms with Crippen LogP contribution in [0.4, 0.5) is 0 Å². The third-order valence-corrected chi connectivity index (χ3v) is 2.74. The van der Waals surface area contributed by atoms with Gasteiger partial charge >= 0.3 is 5.97 Å². The van der Waals surface area contributed by atoms with E-state index >= 15 is 0 Å². The van der Waals surface area contributed by atoms with Gasteiger partial charge in [0.05, 0.1) is 11.1 Å². The van der Waals surface area contributed by atoms with Crippen LogP contribution >= 0.6 is 11.8 Å². The summed E-state index contributed by atoms with van der Waals surface area (Å²) in [6.45, 7) is 0. The van der Waals surface area contributed by atoms with E-state index in [4.69, 9.17) is 9.84 Å². The van der Waals surface area contributed by atoms with E-state index in [0.29, 0.717) is 5.75 Å². The fourth-order valence-corrected chi connectivity index (χ4v) is 1.54. The van der Waals surface area contributed by atoms with Crippen molar-refractivity contribution in [1.29, 1.82) is 0 Å². The maximum absolute atomic E-state index is 10.9. The number of carboxylic acid groups (broad SMARTS) is 1. The number of thioether (sulfide) groups is 1. The van der Waals surface area contributed by atoms with Crippen molar-refractivity contribution in [3.63, 3.8) is 0 Å². The molecule has 2 rings (SSSR count). The summed E-state index contributed by atoms with van der Waals surface area (Å²) in [6, 6.07) is 1.69. The molecule has 0 unspecified atom stereocenters. The van der Waals surface area contributed by atoms with Crippen molar-refractivity contribution >= 4 is 17.7 Å². The standard InChI is InChI=1S/C10H11NO3S/c1-15-9-4-8(14-6-2-3-6)7(5-11-9)10(12)13/h4-6H,2-3H2,1H3,(H,12,13). The number of aromatic carboxylic acids is 1. The zero-order chi connectivity index (χ0) is 10.8. The van der Waals surface area contributed by atoms with Crippen LogP contribution in [-0.2, 0) is 0 Å². The van der Waals surface area contributed by atoms with Crippen LogP contribution in [0, 0.1) is 0 Å². The molecule has 80 valence electrons. The summed E-state index contributed by atoms with van der Waals surface area (Å²) in [6.07, 6.45) is 5.46. The Kier molecular flexibility index (Phi) is 2.81. The van der Waals surface area contributed by atoms with Gasteiger partial charge in [0.2, 0.25) is 0 Å². The van der Waals surface area contributed by atoms with Crippen molar-refractivity contribution in [3.05, 3.63) is 17.8 Å². The van der Waals surface area contributed by atoms with Gasteiger partial charge < -0.3 is 9.84 Å². The average Bonchev–Trinajstić information content (AvgIpc) is 3.01. The Morgan fingerprint density at radius 2 is 2.40 bits per heavy atom. The summed E-state index contributed by atoms with van der Waals surface area (Å²) >= 11 is 1.47. The van der Waals surface area contributed by atoms with E-state index < -0.39 is 5.97 Å². The van der Waals surface area contributed by atoms with Gasteiger partial charge in [0, 0.05) is 12.3 Å². The quantitative estimate of drug-likeness (QED) is 0.794. The molecule has 1 N–H and O–H groups in total. The SMILES string of the molecule is CSc1cc(OC2CC2)c(C(=O)O)cn1. The predicted molar refractivity (Wildman–Crippen MR) is 56.6 cm³/mol. The summed E-state index contributed by atoms with van der Waals surface area (Å²) in [4.78, 5) is 14.9. The van der Waals surface area contributed by atoms with Crippen LogP contribution in [0.15, 0.2) is 17.3 Å². The molecule has 5 heteroatoms. The molecule has 0 aromatic carbocycles. The first kappa shape index (κ1) is 10.3. The average molecular weight is 225 g/mol. The third-order valence-electron chi connectivity index (χ3n) is 2.10. The lowest BCUT2D eigenvalue weighted by molar-refractivity contribution is 0.0691. The van der Waals surface area contributed by atoms with E-state index in [2.05, 4.69) is 4.98 Å². The summed E-state index contributed by atoms with van der Waals surface area (Å²) in [5.41, 5.74) is 0.139. The van der Waals surface area contributed by atoms with Gasteiger partial charge in [0.25, 0.3) is 0 Å². The minimum Gasteiger partial charge on any atom is -0.489 e. The molecule has 1 fully saturated rings. The summed E-state index contributed by atoms with van der Waals surface area (Å²) < 4.78 is 5.53. The maximum atomic E-state index is 10.9. The minimum atomic E-state index is -0.995. The Labute approximate surface area is 91.7 Å². The Hall–Kier alpha value is -1.23. The van der Waals surface area contributed by atoms with Crippen LogP contribution in [0.3, 0.4) is 0 Å². The van der Waals surface area contributed by atoms with E-state index in [1.807, 2.05) is 6.26 Å². The lowest BCUT2D eigenvalue weighted by Gasteiger charge is -2.08. The first-order valence-electron chi connectivity index (χ1n) is 4.64. The number of aromatic nitrogens is 1. The number of carbonyl (C=O) groups is 1.